The molecule has 2 heteroatoms. The highest BCUT2D eigenvalue weighted by molar-refractivity contribution is 5.14. The van der Waals surface area contributed by atoms with E-state index in [-0.39, 0.29) is 0 Å². The van der Waals surface area contributed by atoms with Crippen LogP contribution in [0.2, 0.25) is 0 Å². The summed E-state index contributed by atoms with van der Waals surface area (Å²) in [5.74, 6) is 0. The predicted octanol–water partition coefficient (Wildman–Crippen LogP) is 3.29. The highest BCUT2D eigenvalue weighted by Crippen LogP contribution is 2.10. The molecule has 0 radical (unpaired) electrons. The van der Waals surface area contributed by atoms with Gasteiger partial charge >= 0.3 is 0 Å². The van der Waals surface area contributed by atoms with Gasteiger partial charge < -0.3 is 10.1 Å². The number of allylic oxidation sites excluding steroid dienone is 1. The minimum Gasteiger partial charge on any atom is -0.497 e. The van der Waals surface area contributed by atoms with Crippen LogP contribution in [0, 0.1) is 0 Å². The van der Waals surface area contributed by atoms with Gasteiger partial charge in [0.1, 0.15) is 6.10 Å². The highest BCUT2D eigenvalue weighted by Gasteiger charge is 2.11. The first kappa shape index (κ1) is 13.2. The Labute approximate surface area is 110 Å². The van der Waals surface area contributed by atoms with E-state index >= 15 is 0 Å². The van der Waals surface area contributed by atoms with Crippen molar-refractivity contribution in [1.29, 1.82) is 0 Å². The largest absolute Gasteiger partial charge is 0.497 e. The quantitative estimate of drug-likeness (QED) is 0.830. The van der Waals surface area contributed by atoms with E-state index in [1.165, 1.54) is 12.0 Å². The molecule has 2 atom stereocenters. The van der Waals surface area contributed by atoms with Gasteiger partial charge in [-0.25, -0.2) is 0 Å². The van der Waals surface area contributed by atoms with Gasteiger partial charge in [0.05, 0.1) is 6.26 Å². The fraction of sp³-hybridized carbons (Fsp3) is 0.500. The second kappa shape index (κ2) is 7.22. The van der Waals surface area contributed by atoms with Crippen molar-refractivity contribution in [1.82, 2.24) is 5.32 Å². The summed E-state index contributed by atoms with van der Waals surface area (Å²) >= 11 is 0. The molecule has 1 aromatic carbocycles. The van der Waals surface area contributed by atoms with Crippen LogP contribution in [0.1, 0.15) is 31.7 Å². The van der Waals surface area contributed by atoms with Crippen molar-refractivity contribution in [3.8, 4) is 0 Å². The summed E-state index contributed by atoms with van der Waals surface area (Å²) in [6.07, 6.45) is 8.88. The first-order valence-electron chi connectivity index (χ1n) is 6.92. The van der Waals surface area contributed by atoms with Crippen LogP contribution < -0.4 is 5.32 Å². The minimum absolute atomic E-state index is 0.356. The van der Waals surface area contributed by atoms with E-state index in [0.29, 0.717) is 12.1 Å². The van der Waals surface area contributed by atoms with Gasteiger partial charge in [0.15, 0.2) is 0 Å². The van der Waals surface area contributed by atoms with Gasteiger partial charge in [-0.3, -0.25) is 0 Å². The molecular weight excluding hydrogens is 222 g/mol. The molecule has 1 aliphatic heterocycles. The van der Waals surface area contributed by atoms with Crippen LogP contribution in [-0.4, -0.2) is 18.7 Å². The fourth-order valence-corrected chi connectivity index (χ4v) is 2.20. The summed E-state index contributed by atoms with van der Waals surface area (Å²) in [7, 11) is 0. The van der Waals surface area contributed by atoms with E-state index in [2.05, 4.69) is 48.6 Å². The van der Waals surface area contributed by atoms with E-state index < -0.39 is 0 Å². The van der Waals surface area contributed by atoms with Crippen molar-refractivity contribution in [3.05, 3.63) is 48.2 Å². The minimum atomic E-state index is 0.356. The van der Waals surface area contributed by atoms with Crippen molar-refractivity contribution in [2.75, 3.05) is 6.54 Å². The lowest BCUT2D eigenvalue weighted by molar-refractivity contribution is 0.119. The Morgan fingerprint density at radius 1 is 1.33 bits per heavy atom. The molecule has 0 fully saturated rings. The van der Waals surface area contributed by atoms with E-state index in [9.17, 15) is 0 Å². The van der Waals surface area contributed by atoms with Gasteiger partial charge in [-0.15, -0.1) is 0 Å². The smallest absolute Gasteiger partial charge is 0.110 e. The monoisotopic (exact) mass is 245 g/mol. The molecule has 1 aliphatic rings. The predicted molar refractivity (Wildman–Crippen MR) is 75.5 cm³/mol. The maximum Gasteiger partial charge on any atom is 0.110 e. The third-order valence-corrected chi connectivity index (χ3v) is 3.43. The van der Waals surface area contributed by atoms with Crippen molar-refractivity contribution >= 4 is 0 Å². The van der Waals surface area contributed by atoms with Crippen LogP contribution >= 0.6 is 0 Å². The average molecular weight is 245 g/mol. The molecular formula is C16H23NO. The number of nitrogens with one attached hydrogen (secondary N) is 1. The number of benzene rings is 1. The molecule has 98 valence electrons. The Hall–Kier alpha value is -1.28. The van der Waals surface area contributed by atoms with Crippen LogP contribution in [0.3, 0.4) is 0 Å². The number of rotatable bonds is 6. The first-order valence-corrected chi connectivity index (χ1v) is 6.92. The highest BCUT2D eigenvalue weighted by atomic mass is 16.5. The molecule has 18 heavy (non-hydrogen) atoms. The molecule has 2 rings (SSSR count). The van der Waals surface area contributed by atoms with Crippen LogP contribution in [-0.2, 0) is 11.2 Å². The van der Waals surface area contributed by atoms with Gasteiger partial charge in [-0.1, -0.05) is 30.3 Å². The Morgan fingerprint density at radius 2 is 2.17 bits per heavy atom. The molecule has 2 nitrogen and oxygen atoms in total. The Bertz CT molecular complexity index is 361. The molecule has 0 aliphatic carbocycles. The van der Waals surface area contributed by atoms with Gasteiger partial charge in [0, 0.05) is 12.6 Å². The topological polar surface area (TPSA) is 21.3 Å². The standard InChI is InChI=1S/C16H23NO/c1-14(10-11-15-7-3-2-4-8-15)17-13-16-9-5-6-12-18-16/h2-4,6-8,12,14,16-17H,5,9-11,13H2,1H3. The molecule has 0 bridgehead atoms. The molecule has 1 aromatic rings. The zero-order valence-corrected chi connectivity index (χ0v) is 11.1. The van der Waals surface area contributed by atoms with E-state index in [0.717, 1.165) is 25.8 Å². The van der Waals surface area contributed by atoms with Crippen LogP contribution in [0.15, 0.2) is 42.7 Å². The number of hydrogen-bond acceptors (Lipinski definition) is 2. The molecule has 0 spiro atoms. The van der Waals surface area contributed by atoms with Crippen LogP contribution in [0.25, 0.3) is 0 Å². The number of ether oxygens (including phenoxy) is 1. The van der Waals surface area contributed by atoms with Gasteiger partial charge in [-0.2, -0.15) is 0 Å². The summed E-state index contributed by atoms with van der Waals surface area (Å²) in [6.45, 7) is 3.21. The average Bonchev–Trinajstić information content (AvgIpc) is 2.45. The molecule has 0 saturated carbocycles. The maximum absolute atomic E-state index is 5.55. The molecule has 0 aromatic heterocycles. The second-order valence-electron chi connectivity index (χ2n) is 5.04. The van der Waals surface area contributed by atoms with Crippen molar-refractivity contribution in [2.45, 2.75) is 44.8 Å². The summed E-state index contributed by atoms with van der Waals surface area (Å²) in [6, 6.07) is 11.2. The third-order valence-electron chi connectivity index (χ3n) is 3.43. The van der Waals surface area contributed by atoms with Gasteiger partial charge in [0.25, 0.3) is 0 Å². The summed E-state index contributed by atoms with van der Waals surface area (Å²) in [5.41, 5.74) is 1.42. The van der Waals surface area contributed by atoms with Crippen molar-refractivity contribution < 1.29 is 4.74 Å². The van der Waals surface area contributed by atoms with Gasteiger partial charge in [0.2, 0.25) is 0 Å². The zero-order valence-electron chi connectivity index (χ0n) is 11.1. The lowest BCUT2D eigenvalue weighted by atomic mass is 10.1. The molecule has 0 amide bonds. The lowest BCUT2D eigenvalue weighted by Gasteiger charge is -2.22. The normalized spacial score (nSPS) is 20.4. The Kier molecular flexibility index (Phi) is 5.28. The number of hydrogen-bond donors (Lipinski definition) is 1. The Balaban J connectivity index is 1.63. The second-order valence-corrected chi connectivity index (χ2v) is 5.04. The summed E-state index contributed by atoms with van der Waals surface area (Å²) in [5, 5.41) is 3.56. The van der Waals surface area contributed by atoms with E-state index in [1.54, 1.807) is 0 Å². The van der Waals surface area contributed by atoms with Gasteiger partial charge in [-0.05, 0) is 44.2 Å². The lowest BCUT2D eigenvalue weighted by Crippen LogP contribution is -2.35. The summed E-state index contributed by atoms with van der Waals surface area (Å²) < 4.78 is 5.55. The Morgan fingerprint density at radius 3 is 2.89 bits per heavy atom. The molecule has 0 saturated heterocycles. The zero-order chi connectivity index (χ0) is 12.6. The third kappa shape index (κ3) is 4.53. The molecule has 1 heterocycles. The molecule has 2 unspecified atom stereocenters. The van der Waals surface area contributed by atoms with Crippen molar-refractivity contribution in [3.63, 3.8) is 0 Å². The summed E-state index contributed by atoms with van der Waals surface area (Å²) in [4.78, 5) is 0. The number of aryl methyl sites for hydroxylation is 1. The maximum atomic E-state index is 5.55. The van der Waals surface area contributed by atoms with E-state index in [1.807, 2.05) is 6.26 Å². The molecule has 1 N–H and O–H groups in total. The van der Waals surface area contributed by atoms with Crippen LogP contribution in [0.5, 0.6) is 0 Å². The van der Waals surface area contributed by atoms with E-state index in [4.69, 9.17) is 4.74 Å². The van der Waals surface area contributed by atoms with Crippen molar-refractivity contribution in [2.24, 2.45) is 0 Å². The SMILES string of the molecule is CC(CCc1ccccc1)NCC1CCC=CO1. The fourth-order valence-electron chi connectivity index (χ4n) is 2.20. The first-order chi connectivity index (χ1) is 8.84. The van der Waals surface area contributed by atoms with Crippen LogP contribution in [0.4, 0.5) is 0 Å².